The zero-order chi connectivity index (χ0) is 13.8. The van der Waals surface area contributed by atoms with E-state index in [4.69, 9.17) is 0 Å². The smallest absolute Gasteiger partial charge is 0.0591 e. The summed E-state index contributed by atoms with van der Waals surface area (Å²) in [5.41, 5.74) is 3.84. The van der Waals surface area contributed by atoms with E-state index in [1.54, 1.807) is 0 Å². The lowest BCUT2D eigenvalue weighted by Crippen LogP contribution is -2.21. The maximum absolute atomic E-state index is 3.06. The van der Waals surface area contributed by atoms with Gasteiger partial charge in [0.1, 0.15) is 0 Å². The molecule has 3 aromatic carbocycles. The second-order valence-electron chi connectivity index (χ2n) is 4.91. The Kier molecular flexibility index (Phi) is 8.28. The molecule has 0 radical (unpaired) electrons. The van der Waals surface area contributed by atoms with E-state index >= 15 is 0 Å². The second-order valence-corrected chi connectivity index (χ2v) is 5.77. The number of hydrogen-bond donors (Lipinski definition) is 0. The van der Waals surface area contributed by atoms with Crippen molar-refractivity contribution in [1.29, 1.82) is 0 Å². The molecule has 0 amide bonds. The van der Waals surface area contributed by atoms with E-state index in [1.165, 1.54) is 16.7 Å². The molecule has 0 saturated carbocycles. The lowest BCUT2D eigenvalue weighted by Gasteiger charge is -2.31. The molecule has 3 aromatic rings. The molecule has 4 heteroatoms. The Labute approximate surface area is 136 Å². The molecule has 0 aromatic heterocycles. The van der Waals surface area contributed by atoms with Gasteiger partial charge in [0.25, 0.3) is 0 Å². The molecule has 0 aliphatic carbocycles. The van der Waals surface area contributed by atoms with Gasteiger partial charge in [-0.15, -0.1) is 9.24 Å². The van der Waals surface area contributed by atoms with Crippen molar-refractivity contribution in [2.45, 2.75) is 5.16 Å². The Balaban J connectivity index is 0.00000161. The van der Waals surface area contributed by atoms with Gasteiger partial charge in [-0.25, -0.2) is 0 Å². The van der Waals surface area contributed by atoms with E-state index < -0.39 is 0 Å². The Bertz CT molecular complexity index is 576. The third-order valence-electron chi connectivity index (χ3n) is 3.69. The van der Waals surface area contributed by atoms with Gasteiger partial charge in [0.2, 0.25) is 0 Å². The first-order valence-electron chi connectivity index (χ1n) is 6.77. The average molecular weight is 336 g/mol. The molecule has 0 nitrogen and oxygen atoms in total. The molecular weight excluding hydrogens is 316 g/mol. The quantitative estimate of drug-likeness (QED) is 0.449. The molecule has 122 valence electrons. The fourth-order valence-electron chi connectivity index (χ4n) is 2.60. The van der Waals surface area contributed by atoms with Crippen molar-refractivity contribution < 1.29 is 14.1 Å². The first-order valence-corrected chi connectivity index (χ1v) is 7.35. The fraction of sp³-hybridized carbons (Fsp3) is 0.0526. The zero-order valence-electron chi connectivity index (χ0n) is 12.5. The molecule has 0 N–H and O–H groups in total. The van der Waals surface area contributed by atoms with Crippen LogP contribution >= 0.6 is 9.24 Å². The minimum atomic E-state index is -0.205. The van der Waals surface area contributed by atoms with Crippen LogP contribution in [-0.2, 0) is 5.16 Å². The van der Waals surface area contributed by atoms with Crippen LogP contribution in [0.5, 0.6) is 0 Å². The van der Waals surface area contributed by atoms with E-state index in [2.05, 4.69) is 100 Å². The summed E-state index contributed by atoms with van der Waals surface area (Å²) in [4.78, 5) is 0. The third-order valence-corrected chi connectivity index (χ3v) is 4.69. The highest BCUT2D eigenvalue weighted by Gasteiger charge is 2.30. The SMILES string of the molecule is F.F.F.PC(c1ccccc1)(c1ccccc1)c1ccccc1. The maximum Gasteiger partial charge on any atom is 0.0591 e. The standard InChI is InChI=1S/C19H17P.3FH/c20-19(16-10-4-1-5-11-16,17-12-6-2-7-13-17)18-14-8-3-9-15-18;;;/h1-15H,20H2;3*1H. The van der Waals surface area contributed by atoms with Crippen LogP contribution in [0.25, 0.3) is 0 Å². The van der Waals surface area contributed by atoms with Crippen molar-refractivity contribution in [3.05, 3.63) is 108 Å². The number of benzene rings is 3. The summed E-state index contributed by atoms with van der Waals surface area (Å²) in [6.07, 6.45) is 0. The summed E-state index contributed by atoms with van der Waals surface area (Å²) >= 11 is 0. The van der Waals surface area contributed by atoms with Gasteiger partial charge >= 0.3 is 0 Å². The molecule has 23 heavy (non-hydrogen) atoms. The predicted octanol–water partition coefficient (Wildman–Crippen LogP) is 5.31. The number of halogens is 3. The van der Waals surface area contributed by atoms with Crippen LogP contribution in [0.1, 0.15) is 16.7 Å². The largest absolute Gasteiger partial charge is 0.269 e. The lowest BCUT2D eigenvalue weighted by molar-refractivity contribution is 0.897. The molecule has 3 rings (SSSR count). The Morgan fingerprint density at radius 3 is 0.870 bits per heavy atom. The molecule has 0 bridgehead atoms. The second kappa shape index (κ2) is 9.12. The zero-order valence-corrected chi connectivity index (χ0v) is 13.6. The molecule has 1 atom stereocenters. The molecule has 0 aliphatic rings. The van der Waals surface area contributed by atoms with Gasteiger partial charge in [-0.2, -0.15) is 0 Å². The summed E-state index contributed by atoms with van der Waals surface area (Å²) in [6.45, 7) is 0. The van der Waals surface area contributed by atoms with Crippen LogP contribution in [0, 0.1) is 0 Å². The minimum absolute atomic E-state index is 0. The summed E-state index contributed by atoms with van der Waals surface area (Å²) in [5, 5.41) is -0.205. The fourth-order valence-corrected chi connectivity index (χ4v) is 3.18. The normalized spacial score (nSPS) is 9.78. The van der Waals surface area contributed by atoms with Crippen molar-refractivity contribution >= 4 is 9.24 Å². The van der Waals surface area contributed by atoms with Gasteiger partial charge < -0.3 is 0 Å². The van der Waals surface area contributed by atoms with Crippen LogP contribution < -0.4 is 0 Å². The number of rotatable bonds is 3. The van der Waals surface area contributed by atoms with Gasteiger partial charge in [0, 0.05) is 0 Å². The average Bonchev–Trinajstić information content (AvgIpc) is 2.56. The van der Waals surface area contributed by atoms with E-state index in [9.17, 15) is 0 Å². The van der Waals surface area contributed by atoms with Gasteiger partial charge in [-0.05, 0) is 16.7 Å². The summed E-state index contributed by atoms with van der Waals surface area (Å²) in [6, 6.07) is 31.9. The third kappa shape index (κ3) is 4.00. The van der Waals surface area contributed by atoms with Gasteiger partial charge in [0.05, 0.1) is 5.16 Å². The highest BCUT2D eigenvalue weighted by Crippen LogP contribution is 2.44. The van der Waals surface area contributed by atoms with Gasteiger partial charge in [-0.1, -0.05) is 91.0 Å². The first kappa shape index (κ1) is 20.9. The minimum Gasteiger partial charge on any atom is -0.269 e. The summed E-state index contributed by atoms with van der Waals surface area (Å²) in [5.74, 6) is 0. The predicted molar refractivity (Wildman–Crippen MR) is 96.4 cm³/mol. The highest BCUT2D eigenvalue weighted by atomic mass is 31.0. The Morgan fingerprint density at radius 1 is 0.435 bits per heavy atom. The van der Waals surface area contributed by atoms with Crippen LogP contribution in [0.3, 0.4) is 0 Å². The Morgan fingerprint density at radius 2 is 0.652 bits per heavy atom. The van der Waals surface area contributed by atoms with E-state index in [0.29, 0.717) is 0 Å². The molecule has 0 heterocycles. The Hall–Kier alpha value is -2.12. The van der Waals surface area contributed by atoms with E-state index in [1.807, 2.05) is 0 Å². The highest BCUT2D eigenvalue weighted by molar-refractivity contribution is 7.19. The van der Waals surface area contributed by atoms with Gasteiger partial charge in [-0.3, -0.25) is 14.1 Å². The van der Waals surface area contributed by atoms with Crippen molar-refractivity contribution in [2.24, 2.45) is 0 Å². The van der Waals surface area contributed by atoms with Gasteiger partial charge in [0.15, 0.2) is 0 Å². The molecular formula is C19H20F3P. The van der Waals surface area contributed by atoms with Crippen molar-refractivity contribution in [3.8, 4) is 0 Å². The van der Waals surface area contributed by atoms with Crippen molar-refractivity contribution in [1.82, 2.24) is 0 Å². The molecule has 0 spiro atoms. The van der Waals surface area contributed by atoms with Crippen LogP contribution in [0.2, 0.25) is 0 Å². The molecule has 0 saturated heterocycles. The molecule has 0 fully saturated rings. The van der Waals surface area contributed by atoms with Crippen molar-refractivity contribution in [2.75, 3.05) is 0 Å². The van der Waals surface area contributed by atoms with Crippen LogP contribution in [0.4, 0.5) is 14.1 Å². The molecule has 1 unspecified atom stereocenters. The summed E-state index contributed by atoms with van der Waals surface area (Å²) < 4.78 is 0. The monoisotopic (exact) mass is 336 g/mol. The van der Waals surface area contributed by atoms with Crippen molar-refractivity contribution in [3.63, 3.8) is 0 Å². The van der Waals surface area contributed by atoms with E-state index in [0.717, 1.165) is 0 Å². The van der Waals surface area contributed by atoms with Crippen LogP contribution in [0.15, 0.2) is 91.0 Å². The first-order chi connectivity index (χ1) is 9.82. The summed E-state index contributed by atoms with van der Waals surface area (Å²) in [7, 11) is 3.06. The topological polar surface area (TPSA) is 0 Å². The maximum atomic E-state index is 3.06. The van der Waals surface area contributed by atoms with E-state index in [-0.39, 0.29) is 19.3 Å². The number of hydrogen-bond acceptors (Lipinski definition) is 0. The molecule has 0 aliphatic heterocycles. The van der Waals surface area contributed by atoms with Crippen LogP contribution in [-0.4, -0.2) is 0 Å². The lowest BCUT2D eigenvalue weighted by atomic mass is 9.84.